The number of phenols is 1. The topological polar surface area (TPSA) is 33.1 Å². The van der Waals surface area contributed by atoms with Crippen LogP contribution in [-0.4, -0.2) is 33.8 Å². The van der Waals surface area contributed by atoms with E-state index in [0.29, 0.717) is 15.7 Å². The van der Waals surface area contributed by atoms with Crippen LogP contribution in [0.5, 0.6) is 5.75 Å². The van der Waals surface area contributed by atoms with Crippen molar-refractivity contribution < 1.29 is 5.11 Å². The number of halogens is 3. The molecule has 0 aliphatic rings. The van der Waals surface area contributed by atoms with Gasteiger partial charge in [0.15, 0.2) is 0 Å². The van der Waals surface area contributed by atoms with Crippen molar-refractivity contribution in [1.82, 2.24) is 4.98 Å². The third-order valence-electron chi connectivity index (χ3n) is 2.06. The van der Waals surface area contributed by atoms with E-state index in [1.54, 1.807) is 24.3 Å². The van der Waals surface area contributed by atoms with E-state index in [-0.39, 0.29) is 34.4 Å². The van der Waals surface area contributed by atoms with Gasteiger partial charge in [-0.2, -0.15) is 0 Å². The molecule has 0 amide bonds. The van der Waals surface area contributed by atoms with Gasteiger partial charge in [0.05, 0.1) is 20.8 Å². The summed E-state index contributed by atoms with van der Waals surface area (Å²) in [6.45, 7) is 0. The fraction of sp³-hybridized carbons (Fsp3) is 0. The summed E-state index contributed by atoms with van der Waals surface area (Å²) < 4.78 is 0. The smallest absolute Gasteiger partial charge is 0.115 e. The maximum absolute atomic E-state index is 9.17. The van der Waals surface area contributed by atoms with E-state index in [4.69, 9.17) is 34.8 Å². The fourth-order valence-electron chi connectivity index (χ4n) is 1.26. The van der Waals surface area contributed by atoms with Gasteiger partial charge in [-0.25, -0.2) is 0 Å². The molecule has 0 atom stereocenters. The van der Waals surface area contributed by atoms with Crippen LogP contribution in [0, 0.1) is 0 Å². The average molecular weight is 402 g/mol. The van der Waals surface area contributed by atoms with Crippen molar-refractivity contribution in [1.29, 1.82) is 0 Å². The molecule has 2 aromatic rings. The second-order valence-electron chi connectivity index (χ2n) is 3.13. The van der Waals surface area contributed by atoms with Gasteiger partial charge in [-0.15, -0.1) is 0 Å². The Morgan fingerprint density at radius 1 is 0.941 bits per heavy atom. The van der Waals surface area contributed by atoms with E-state index < -0.39 is 0 Å². The summed E-state index contributed by atoms with van der Waals surface area (Å²) in [4.78, 5) is 4.11. The van der Waals surface area contributed by atoms with Gasteiger partial charge >= 0.3 is 0 Å². The second-order valence-corrected chi connectivity index (χ2v) is 4.29. The molecule has 2 nitrogen and oxygen atoms in total. The number of rotatable bonds is 1. The van der Waals surface area contributed by atoms with Crippen molar-refractivity contribution in [2.24, 2.45) is 0 Å². The second kappa shape index (κ2) is 6.13. The van der Waals surface area contributed by atoms with Crippen molar-refractivity contribution in [3.63, 3.8) is 0 Å². The molecule has 2 radical (unpaired) electrons. The first-order valence-electron chi connectivity index (χ1n) is 4.38. The standard InChI is InChI=1S/C11H6Cl3NO.Te/c12-8-5-15-11(10(14)9(8)13)6-1-3-7(16)4-2-6;/h1-5,16H;. The quantitative estimate of drug-likeness (QED) is 0.731. The molecule has 0 saturated heterocycles. The minimum atomic E-state index is 0. The summed E-state index contributed by atoms with van der Waals surface area (Å²) in [6, 6.07) is 6.51. The minimum absolute atomic E-state index is 0. The Morgan fingerprint density at radius 2 is 1.53 bits per heavy atom. The minimum Gasteiger partial charge on any atom is -0.508 e. The Bertz CT molecular complexity index is 531. The van der Waals surface area contributed by atoms with Crippen molar-refractivity contribution in [3.8, 4) is 17.0 Å². The molecule has 0 unspecified atom stereocenters. The van der Waals surface area contributed by atoms with Crippen LogP contribution in [0.1, 0.15) is 0 Å². The number of hydrogen-bond acceptors (Lipinski definition) is 2. The Labute approximate surface area is 130 Å². The van der Waals surface area contributed by atoms with Gasteiger partial charge in [0.1, 0.15) is 5.75 Å². The summed E-state index contributed by atoms with van der Waals surface area (Å²) in [5.41, 5.74) is 1.30. The molecule has 0 fully saturated rings. The zero-order valence-corrected chi connectivity index (χ0v) is 12.9. The molecule has 1 aromatic carbocycles. The van der Waals surface area contributed by atoms with Gasteiger partial charge in [-0.1, -0.05) is 34.8 Å². The van der Waals surface area contributed by atoms with Crippen LogP contribution in [-0.2, 0) is 0 Å². The van der Waals surface area contributed by atoms with Crippen LogP contribution in [0.25, 0.3) is 11.3 Å². The molecular formula is C11H6Cl3NOTe. The van der Waals surface area contributed by atoms with E-state index >= 15 is 0 Å². The number of pyridine rings is 1. The molecule has 0 aliphatic heterocycles. The Hall–Kier alpha value is -0.170. The Morgan fingerprint density at radius 3 is 2.12 bits per heavy atom. The molecule has 17 heavy (non-hydrogen) atoms. The molecule has 1 N–H and O–H groups in total. The van der Waals surface area contributed by atoms with Crippen LogP contribution in [0.15, 0.2) is 30.5 Å². The molecule has 0 spiro atoms. The third kappa shape index (κ3) is 3.19. The van der Waals surface area contributed by atoms with Crippen LogP contribution in [0.3, 0.4) is 0 Å². The molecule has 2 rings (SSSR count). The van der Waals surface area contributed by atoms with Gasteiger partial charge < -0.3 is 5.11 Å². The van der Waals surface area contributed by atoms with Crippen molar-refractivity contribution in [2.45, 2.75) is 0 Å². The summed E-state index contributed by atoms with van der Waals surface area (Å²) in [5.74, 6) is 0.180. The maximum Gasteiger partial charge on any atom is 0.115 e. The van der Waals surface area contributed by atoms with E-state index in [1.165, 1.54) is 6.20 Å². The summed E-state index contributed by atoms with van der Waals surface area (Å²) in [6.07, 6.45) is 1.44. The summed E-state index contributed by atoms with van der Waals surface area (Å²) in [5, 5.41) is 10.1. The third-order valence-corrected chi connectivity index (χ3v) is 3.30. The molecule has 1 aromatic heterocycles. The van der Waals surface area contributed by atoms with Crippen LogP contribution in [0.2, 0.25) is 15.1 Å². The Balaban J connectivity index is 0.00000144. The largest absolute Gasteiger partial charge is 0.508 e. The molecule has 88 valence electrons. The first-order chi connectivity index (χ1) is 7.59. The average Bonchev–Trinajstić information content (AvgIpc) is 2.28. The molecule has 0 bridgehead atoms. The predicted octanol–water partition coefficient (Wildman–Crippen LogP) is 4.03. The molecule has 6 heteroatoms. The number of nitrogens with zero attached hydrogens (tertiary/aromatic N) is 1. The molecule has 1 heterocycles. The summed E-state index contributed by atoms with van der Waals surface area (Å²) in [7, 11) is 0. The predicted molar refractivity (Wildman–Crippen MR) is 72.1 cm³/mol. The van der Waals surface area contributed by atoms with Gasteiger partial charge in [-0.05, 0) is 24.3 Å². The summed E-state index contributed by atoms with van der Waals surface area (Å²) >= 11 is 17.7. The van der Waals surface area contributed by atoms with Crippen LogP contribution >= 0.6 is 34.8 Å². The van der Waals surface area contributed by atoms with Crippen LogP contribution < -0.4 is 0 Å². The molecule has 0 saturated carbocycles. The van der Waals surface area contributed by atoms with Crippen LogP contribution in [0.4, 0.5) is 0 Å². The van der Waals surface area contributed by atoms with Crippen molar-refractivity contribution in [2.75, 3.05) is 0 Å². The molecular weight excluding hydrogens is 396 g/mol. The maximum atomic E-state index is 9.17. The zero-order valence-electron chi connectivity index (χ0n) is 8.32. The monoisotopic (exact) mass is 403 g/mol. The van der Waals surface area contributed by atoms with Gasteiger partial charge in [0.2, 0.25) is 0 Å². The number of aromatic nitrogens is 1. The number of phenolic OH excluding ortho intramolecular Hbond substituents is 1. The number of hydrogen-bond donors (Lipinski definition) is 1. The zero-order chi connectivity index (χ0) is 11.7. The van der Waals surface area contributed by atoms with E-state index in [2.05, 4.69) is 4.98 Å². The fourth-order valence-corrected chi connectivity index (χ4v) is 1.85. The van der Waals surface area contributed by atoms with Crippen molar-refractivity contribution >= 4 is 58.5 Å². The van der Waals surface area contributed by atoms with Gasteiger partial charge in [0.25, 0.3) is 0 Å². The first kappa shape index (κ1) is 14.9. The SMILES string of the molecule is Oc1ccc(-c2ncc(Cl)c(Cl)c2Cl)cc1.[Te]. The first-order valence-corrected chi connectivity index (χ1v) is 5.52. The van der Waals surface area contributed by atoms with Gasteiger partial charge in [-0.3, -0.25) is 4.98 Å². The van der Waals surface area contributed by atoms with E-state index in [1.807, 2.05) is 0 Å². The van der Waals surface area contributed by atoms with E-state index in [0.717, 1.165) is 5.56 Å². The van der Waals surface area contributed by atoms with Crippen molar-refractivity contribution in [3.05, 3.63) is 45.5 Å². The number of aromatic hydroxyl groups is 1. The van der Waals surface area contributed by atoms with E-state index in [9.17, 15) is 5.11 Å². The normalized spacial score (nSPS) is 9.82. The van der Waals surface area contributed by atoms with Gasteiger partial charge in [0, 0.05) is 35.4 Å². The Kier molecular flexibility index (Phi) is 5.37. The number of benzene rings is 1. The molecule has 0 aliphatic carbocycles.